The summed E-state index contributed by atoms with van der Waals surface area (Å²) in [6.07, 6.45) is 5.07. The molecule has 1 aromatic rings. The molecule has 1 aliphatic heterocycles. The van der Waals surface area contributed by atoms with Crippen molar-refractivity contribution in [2.24, 2.45) is 0 Å². The Balaban J connectivity index is 1.91. The van der Waals surface area contributed by atoms with E-state index >= 15 is 0 Å². The number of thioether (sulfide) groups is 1. The van der Waals surface area contributed by atoms with Gasteiger partial charge in [0.2, 0.25) is 4.38 Å². The molecule has 22 heavy (non-hydrogen) atoms. The maximum atomic E-state index is 6.20. The van der Waals surface area contributed by atoms with E-state index in [2.05, 4.69) is 0 Å². The van der Waals surface area contributed by atoms with Crippen molar-refractivity contribution in [2.75, 3.05) is 20.5 Å². The lowest BCUT2D eigenvalue weighted by Crippen LogP contribution is -2.39. The van der Waals surface area contributed by atoms with E-state index in [1.54, 1.807) is 14.2 Å². The maximum Gasteiger partial charge on any atom is 0.220 e. The molecule has 1 saturated carbocycles. The molecule has 0 N–H and O–H groups in total. The molecule has 4 nitrogen and oxygen atoms in total. The highest BCUT2D eigenvalue weighted by Crippen LogP contribution is 2.51. The van der Waals surface area contributed by atoms with Crippen LogP contribution in [0.5, 0.6) is 17.2 Å². The van der Waals surface area contributed by atoms with Gasteiger partial charge in [0, 0.05) is 23.6 Å². The highest BCUT2D eigenvalue weighted by Gasteiger charge is 2.45. The van der Waals surface area contributed by atoms with Gasteiger partial charge in [0.15, 0.2) is 0 Å². The van der Waals surface area contributed by atoms with Crippen molar-refractivity contribution in [2.45, 2.75) is 37.4 Å². The van der Waals surface area contributed by atoms with E-state index in [1.807, 2.05) is 18.4 Å². The maximum absolute atomic E-state index is 6.20. The molecular formula is C16H20O4S2. The molecule has 0 radical (unpaired) electrons. The third kappa shape index (κ3) is 2.74. The summed E-state index contributed by atoms with van der Waals surface area (Å²) in [5, 5.41) is 0. The molecule has 1 unspecified atom stereocenters. The van der Waals surface area contributed by atoms with E-state index in [0.29, 0.717) is 10.3 Å². The fourth-order valence-corrected chi connectivity index (χ4v) is 3.71. The second-order valence-corrected chi connectivity index (χ2v) is 6.88. The molecule has 3 atom stereocenters. The number of fused-ring (bicyclic) bond motifs is 3. The van der Waals surface area contributed by atoms with E-state index < -0.39 is 0 Å². The van der Waals surface area contributed by atoms with Crippen LogP contribution in [-0.4, -0.2) is 37.1 Å². The van der Waals surface area contributed by atoms with Crippen LogP contribution in [0.3, 0.4) is 0 Å². The summed E-state index contributed by atoms with van der Waals surface area (Å²) in [5.41, 5.74) is 1.14. The first-order valence-corrected chi connectivity index (χ1v) is 8.98. The Morgan fingerprint density at radius 1 is 1.27 bits per heavy atom. The average molecular weight is 340 g/mol. The minimum Gasteiger partial charge on any atom is -0.496 e. The highest BCUT2D eigenvalue weighted by molar-refractivity contribution is 8.22. The van der Waals surface area contributed by atoms with Gasteiger partial charge >= 0.3 is 0 Å². The lowest BCUT2D eigenvalue weighted by atomic mass is 9.81. The van der Waals surface area contributed by atoms with Gasteiger partial charge in [0.05, 0.1) is 14.2 Å². The largest absolute Gasteiger partial charge is 0.496 e. The standard InChI is InChI=1S/C16H20O4S2/c1-17-9-7-12(18-2)14-10-5-4-6-11(20-16(21)22-3)15(10)19-13(14)8-9/h7-8,10-11,15H,4-6H2,1-3H3/t10-,11?,15+/m0/s1. The molecule has 3 rings (SSSR count). The van der Waals surface area contributed by atoms with Gasteiger partial charge in [0.1, 0.15) is 29.5 Å². The van der Waals surface area contributed by atoms with Crippen LogP contribution in [0.1, 0.15) is 30.7 Å². The lowest BCUT2D eigenvalue weighted by Gasteiger charge is -2.32. The van der Waals surface area contributed by atoms with Gasteiger partial charge in [-0.05, 0) is 37.7 Å². The van der Waals surface area contributed by atoms with Crippen molar-refractivity contribution < 1.29 is 18.9 Å². The quantitative estimate of drug-likeness (QED) is 0.780. The van der Waals surface area contributed by atoms with Crippen LogP contribution in [0.2, 0.25) is 0 Å². The first-order chi connectivity index (χ1) is 10.7. The Hall–Kier alpha value is -1.14. The Kier molecular flexibility index (Phi) is 4.68. The number of benzene rings is 1. The molecule has 120 valence electrons. The van der Waals surface area contributed by atoms with Gasteiger partial charge < -0.3 is 18.9 Å². The zero-order valence-corrected chi connectivity index (χ0v) is 14.6. The fraction of sp³-hybridized carbons (Fsp3) is 0.562. The van der Waals surface area contributed by atoms with E-state index in [1.165, 1.54) is 11.8 Å². The van der Waals surface area contributed by atoms with Crippen molar-refractivity contribution in [1.29, 1.82) is 0 Å². The van der Waals surface area contributed by atoms with Crippen molar-refractivity contribution in [1.82, 2.24) is 0 Å². The summed E-state index contributed by atoms with van der Waals surface area (Å²) in [4.78, 5) is 0. The molecule has 6 heteroatoms. The van der Waals surface area contributed by atoms with Crippen LogP contribution in [0.4, 0.5) is 0 Å². The van der Waals surface area contributed by atoms with Crippen LogP contribution >= 0.6 is 24.0 Å². The van der Waals surface area contributed by atoms with E-state index in [4.69, 9.17) is 31.2 Å². The van der Waals surface area contributed by atoms with Gasteiger partial charge in [-0.3, -0.25) is 0 Å². The summed E-state index contributed by atoms with van der Waals surface area (Å²) in [5.74, 6) is 2.71. The molecule has 0 amide bonds. The monoisotopic (exact) mass is 340 g/mol. The number of hydrogen-bond acceptors (Lipinski definition) is 6. The number of rotatable bonds is 3. The Morgan fingerprint density at radius 3 is 2.77 bits per heavy atom. The predicted molar refractivity (Wildman–Crippen MR) is 91.5 cm³/mol. The molecule has 1 aliphatic carbocycles. The third-order valence-electron chi connectivity index (χ3n) is 4.35. The summed E-state index contributed by atoms with van der Waals surface area (Å²) >= 11 is 6.67. The summed E-state index contributed by atoms with van der Waals surface area (Å²) in [6, 6.07) is 3.85. The Morgan fingerprint density at radius 2 is 2.09 bits per heavy atom. The molecule has 1 heterocycles. The number of methoxy groups -OCH3 is 2. The minimum absolute atomic E-state index is 0.00167. The van der Waals surface area contributed by atoms with Gasteiger partial charge in [-0.15, -0.1) is 0 Å². The molecule has 0 spiro atoms. The molecule has 1 fully saturated rings. The van der Waals surface area contributed by atoms with E-state index in [0.717, 1.165) is 42.1 Å². The summed E-state index contributed by atoms with van der Waals surface area (Å²) in [6.45, 7) is 0. The smallest absolute Gasteiger partial charge is 0.220 e. The van der Waals surface area contributed by atoms with Crippen molar-refractivity contribution in [3.63, 3.8) is 0 Å². The van der Waals surface area contributed by atoms with Crippen LogP contribution < -0.4 is 14.2 Å². The van der Waals surface area contributed by atoms with Crippen LogP contribution in [0.15, 0.2) is 12.1 Å². The van der Waals surface area contributed by atoms with E-state index in [9.17, 15) is 0 Å². The van der Waals surface area contributed by atoms with Gasteiger partial charge in [-0.25, -0.2) is 0 Å². The normalized spacial score (nSPS) is 25.7. The SMILES string of the molecule is COc1cc(OC)c2c(c1)O[C@H]1C(OC(=S)SC)CCC[C@@H]21. The van der Waals surface area contributed by atoms with Crippen LogP contribution in [0.25, 0.3) is 0 Å². The molecule has 0 bridgehead atoms. The third-order valence-corrected chi connectivity index (χ3v) is 5.37. The number of hydrogen-bond donors (Lipinski definition) is 0. The fourth-order valence-electron chi connectivity index (χ4n) is 3.36. The summed E-state index contributed by atoms with van der Waals surface area (Å²) < 4.78 is 23.6. The van der Waals surface area contributed by atoms with Crippen molar-refractivity contribution in [3.8, 4) is 17.2 Å². The molecular weight excluding hydrogens is 320 g/mol. The van der Waals surface area contributed by atoms with E-state index in [-0.39, 0.29) is 12.2 Å². The first-order valence-electron chi connectivity index (χ1n) is 7.35. The number of thiocarbonyl (C=S) groups is 1. The highest BCUT2D eigenvalue weighted by atomic mass is 32.2. The second kappa shape index (κ2) is 6.54. The van der Waals surface area contributed by atoms with Crippen LogP contribution in [0, 0.1) is 0 Å². The van der Waals surface area contributed by atoms with Crippen LogP contribution in [-0.2, 0) is 4.74 Å². The lowest BCUT2D eigenvalue weighted by molar-refractivity contribution is 0.0229. The zero-order valence-electron chi connectivity index (χ0n) is 13.0. The topological polar surface area (TPSA) is 36.9 Å². The van der Waals surface area contributed by atoms with Gasteiger partial charge in [0.25, 0.3) is 0 Å². The Bertz CT molecular complexity index is 576. The molecule has 0 saturated heterocycles. The minimum atomic E-state index is -0.00476. The molecule has 0 aromatic heterocycles. The Labute approximate surface area is 140 Å². The zero-order chi connectivity index (χ0) is 15.7. The first kappa shape index (κ1) is 15.7. The predicted octanol–water partition coefficient (Wildman–Crippen LogP) is 3.77. The molecule has 1 aromatic carbocycles. The van der Waals surface area contributed by atoms with Gasteiger partial charge in [-0.2, -0.15) is 0 Å². The average Bonchev–Trinajstić information content (AvgIpc) is 2.93. The molecule has 2 aliphatic rings. The van der Waals surface area contributed by atoms with Crippen molar-refractivity contribution >= 4 is 28.4 Å². The summed E-state index contributed by atoms with van der Waals surface area (Å²) in [7, 11) is 3.33. The number of ether oxygens (including phenoxy) is 4. The second-order valence-electron chi connectivity index (χ2n) is 5.47. The van der Waals surface area contributed by atoms with Gasteiger partial charge in [-0.1, -0.05) is 11.8 Å². The van der Waals surface area contributed by atoms with Crippen molar-refractivity contribution in [3.05, 3.63) is 17.7 Å².